The average molecular weight is 304 g/mol. The Hall–Kier alpha value is -2.73. The van der Waals surface area contributed by atoms with E-state index in [-0.39, 0.29) is 23.2 Å². The smallest absolute Gasteiger partial charge is 0.260 e. The van der Waals surface area contributed by atoms with Gasteiger partial charge in [0.2, 0.25) is 5.82 Å². The van der Waals surface area contributed by atoms with Crippen LogP contribution < -0.4 is 5.73 Å². The van der Waals surface area contributed by atoms with Gasteiger partial charge >= 0.3 is 0 Å². The van der Waals surface area contributed by atoms with Gasteiger partial charge in [-0.2, -0.15) is 4.98 Å². The predicted octanol–water partition coefficient (Wildman–Crippen LogP) is 3.05. The fraction of sp³-hybridized carbons (Fsp3) is 0. The summed E-state index contributed by atoms with van der Waals surface area (Å²) in [5.74, 6) is -0.0000799. The van der Waals surface area contributed by atoms with Crippen molar-refractivity contribution in [2.75, 3.05) is 5.73 Å². The summed E-state index contributed by atoms with van der Waals surface area (Å²) in [6.45, 7) is 0. The van der Waals surface area contributed by atoms with Crippen molar-refractivity contribution in [1.82, 2.24) is 10.1 Å². The molecule has 3 aromatic rings. The van der Waals surface area contributed by atoms with E-state index in [1.54, 1.807) is 24.3 Å². The second-order valence-electron chi connectivity index (χ2n) is 4.36. The van der Waals surface area contributed by atoms with Crippen LogP contribution in [0.3, 0.4) is 0 Å². The van der Waals surface area contributed by atoms with Gasteiger partial charge in [0.25, 0.3) is 5.89 Å². The summed E-state index contributed by atoms with van der Waals surface area (Å²) in [5.41, 5.74) is 7.35. The van der Waals surface area contributed by atoms with E-state index < -0.39 is 0 Å². The lowest BCUT2D eigenvalue weighted by molar-refractivity contribution is 0.404. The van der Waals surface area contributed by atoms with Crippen LogP contribution in [0.5, 0.6) is 11.5 Å². The fourth-order valence-electron chi connectivity index (χ4n) is 1.83. The maximum atomic E-state index is 9.49. The van der Waals surface area contributed by atoms with E-state index in [9.17, 15) is 10.2 Å². The lowest BCUT2D eigenvalue weighted by atomic mass is 10.1. The molecule has 0 fully saturated rings. The largest absolute Gasteiger partial charge is 0.504 e. The Bertz CT molecular complexity index is 817. The SMILES string of the molecule is Nc1ccc(Cl)cc1-c1nc(-c2ccc(O)c(O)c2)no1. The standard InChI is InChI=1S/C14H10ClN3O3/c15-8-2-3-10(16)9(6-8)14-17-13(18-21-14)7-1-4-11(19)12(20)5-7/h1-6,19-20H,16H2. The molecule has 0 radical (unpaired) electrons. The molecule has 0 amide bonds. The number of benzene rings is 2. The van der Waals surface area contributed by atoms with Crippen molar-refractivity contribution >= 4 is 17.3 Å². The molecule has 21 heavy (non-hydrogen) atoms. The summed E-state index contributed by atoms with van der Waals surface area (Å²) < 4.78 is 5.17. The van der Waals surface area contributed by atoms with Gasteiger partial charge in [-0.1, -0.05) is 16.8 Å². The highest BCUT2D eigenvalue weighted by molar-refractivity contribution is 6.31. The number of aromatic hydroxyl groups is 2. The van der Waals surface area contributed by atoms with Gasteiger partial charge in [0.15, 0.2) is 11.5 Å². The number of anilines is 1. The summed E-state index contributed by atoms with van der Waals surface area (Å²) >= 11 is 5.92. The van der Waals surface area contributed by atoms with Gasteiger partial charge < -0.3 is 20.5 Å². The second kappa shape index (κ2) is 4.99. The Morgan fingerprint density at radius 1 is 1.05 bits per heavy atom. The van der Waals surface area contributed by atoms with E-state index in [2.05, 4.69) is 10.1 Å². The van der Waals surface area contributed by atoms with Crippen molar-refractivity contribution < 1.29 is 14.7 Å². The van der Waals surface area contributed by atoms with Crippen LogP contribution >= 0.6 is 11.6 Å². The Morgan fingerprint density at radius 2 is 1.86 bits per heavy atom. The van der Waals surface area contributed by atoms with Gasteiger partial charge in [0.1, 0.15) is 0 Å². The molecule has 0 aliphatic rings. The highest BCUT2D eigenvalue weighted by atomic mass is 35.5. The normalized spacial score (nSPS) is 10.7. The molecule has 6 nitrogen and oxygen atoms in total. The zero-order valence-corrected chi connectivity index (χ0v) is 11.4. The third-order valence-electron chi connectivity index (χ3n) is 2.91. The third-order valence-corrected chi connectivity index (χ3v) is 3.14. The van der Waals surface area contributed by atoms with Crippen LogP contribution in [0, 0.1) is 0 Å². The van der Waals surface area contributed by atoms with Crippen LogP contribution in [0.4, 0.5) is 5.69 Å². The number of aromatic nitrogens is 2. The van der Waals surface area contributed by atoms with Crippen molar-refractivity contribution in [1.29, 1.82) is 0 Å². The molecule has 0 aliphatic carbocycles. The lowest BCUT2D eigenvalue weighted by Crippen LogP contribution is -1.90. The molecule has 0 saturated carbocycles. The van der Waals surface area contributed by atoms with Gasteiger partial charge in [-0.15, -0.1) is 0 Å². The van der Waals surface area contributed by atoms with E-state index in [1.807, 2.05) is 0 Å². The van der Waals surface area contributed by atoms with E-state index >= 15 is 0 Å². The van der Waals surface area contributed by atoms with Gasteiger partial charge in [-0.05, 0) is 36.4 Å². The molecule has 2 aromatic carbocycles. The molecular weight excluding hydrogens is 294 g/mol. The topological polar surface area (TPSA) is 105 Å². The maximum absolute atomic E-state index is 9.49. The Labute approximate surface area is 124 Å². The number of nitrogen functional groups attached to an aromatic ring is 1. The zero-order chi connectivity index (χ0) is 15.0. The van der Waals surface area contributed by atoms with Crippen LogP contribution in [0.15, 0.2) is 40.9 Å². The lowest BCUT2D eigenvalue weighted by Gasteiger charge is -2.00. The molecule has 0 aliphatic heterocycles. The first-order chi connectivity index (χ1) is 10.0. The fourth-order valence-corrected chi connectivity index (χ4v) is 2.00. The summed E-state index contributed by atoms with van der Waals surface area (Å²) in [5, 5.41) is 23.1. The van der Waals surface area contributed by atoms with Crippen LogP contribution in [0.2, 0.25) is 5.02 Å². The Morgan fingerprint density at radius 3 is 2.62 bits per heavy atom. The Kier molecular flexibility index (Phi) is 3.15. The van der Waals surface area contributed by atoms with Crippen LogP contribution in [-0.4, -0.2) is 20.4 Å². The quantitative estimate of drug-likeness (QED) is 0.496. The van der Waals surface area contributed by atoms with E-state index in [0.29, 0.717) is 21.8 Å². The molecule has 0 atom stereocenters. The molecule has 0 bridgehead atoms. The Balaban J connectivity index is 2.03. The van der Waals surface area contributed by atoms with Crippen molar-refractivity contribution in [3.05, 3.63) is 41.4 Å². The molecule has 0 unspecified atom stereocenters. The molecule has 4 N–H and O–H groups in total. The number of phenolic OH excluding ortho intramolecular Hbond substituents is 2. The summed E-state index contributed by atoms with van der Waals surface area (Å²) in [7, 11) is 0. The number of hydrogen-bond acceptors (Lipinski definition) is 6. The third kappa shape index (κ3) is 2.48. The minimum atomic E-state index is -0.263. The van der Waals surface area contributed by atoms with Crippen molar-refractivity contribution in [2.45, 2.75) is 0 Å². The number of phenols is 2. The van der Waals surface area contributed by atoms with Gasteiger partial charge in [0, 0.05) is 16.3 Å². The van der Waals surface area contributed by atoms with Crippen molar-refractivity contribution in [3.63, 3.8) is 0 Å². The van der Waals surface area contributed by atoms with Gasteiger partial charge in [0.05, 0.1) is 5.56 Å². The summed E-state index contributed by atoms with van der Waals surface area (Å²) in [6, 6.07) is 9.18. The predicted molar refractivity (Wildman–Crippen MR) is 77.9 cm³/mol. The molecule has 1 heterocycles. The molecule has 106 valence electrons. The molecular formula is C14H10ClN3O3. The number of rotatable bonds is 2. The molecule has 7 heteroatoms. The zero-order valence-electron chi connectivity index (χ0n) is 10.6. The average Bonchev–Trinajstić information content (AvgIpc) is 2.94. The molecule has 0 spiro atoms. The minimum absolute atomic E-state index is 0.220. The van der Waals surface area contributed by atoms with Crippen LogP contribution in [0.1, 0.15) is 0 Å². The van der Waals surface area contributed by atoms with E-state index in [0.717, 1.165) is 0 Å². The van der Waals surface area contributed by atoms with Crippen LogP contribution in [0.25, 0.3) is 22.8 Å². The first-order valence-electron chi connectivity index (χ1n) is 5.96. The number of halogens is 1. The van der Waals surface area contributed by atoms with Gasteiger partial charge in [-0.3, -0.25) is 0 Å². The first-order valence-corrected chi connectivity index (χ1v) is 6.34. The van der Waals surface area contributed by atoms with Gasteiger partial charge in [-0.25, -0.2) is 0 Å². The first kappa shape index (κ1) is 13.3. The number of nitrogens with zero attached hydrogens (tertiary/aromatic N) is 2. The highest BCUT2D eigenvalue weighted by Crippen LogP contribution is 2.32. The number of nitrogens with two attached hydrogens (primary N) is 1. The van der Waals surface area contributed by atoms with E-state index in [1.165, 1.54) is 12.1 Å². The van der Waals surface area contributed by atoms with E-state index in [4.69, 9.17) is 21.9 Å². The van der Waals surface area contributed by atoms with Crippen molar-refractivity contribution in [2.24, 2.45) is 0 Å². The summed E-state index contributed by atoms with van der Waals surface area (Å²) in [6.07, 6.45) is 0. The van der Waals surface area contributed by atoms with Crippen molar-refractivity contribution in [3.8, 4) is 34.3 Å². The monoisotopic (exact) mass is 303 g/mol. The minimum Gasteiger partial charge on any atom is -0.504 e. The molecule has 1 aromatic heterocycles. The maximum Gasteiger partial charge on any atom is 0.260 e. The molecule has 3 rings (SSSR count). The highest BCUT2D eigenvalue weighted by Gasteiger charge is 2.14. The number of hydrogen-bond donors (Lipinski definition) is 3. The van der Waals surface area contributed by atoms with Crippen LogP contribution in [-0.2, 0) is 0 Å². The second-order valence-corrected chi connectivity index (χ2v) is 4.79. The molecule has 0 saturated heterocycles. The summed E-state index contributed by atoms with van der Waals surface area (Å²) in [4.78, 5) is 4.21.